The van der Waals surface area contributed by atoms with Crippen LogP contribution in [0.2, 0.25) is 10.0 Å². The van der Waals surface area contributed by atoms with Crippen molar-refractivity contribution in [1.29, 1.82) is 0 Å². The lowest BCUT2D eigenvalue weighted by molar-refractivity contribution is 0.415. The summed E-state index contributed by atoms with van der Waals surface area (Å²) in [7, 11) is 1.56. The average Bonchev–Trinajstić information content (AvgIpc) is 2.40. The van der Waals surface area contributed by atoms with Crippen molar-refractivity contribution in [1.82, 2.24) is 0 Å². The Kier molecular flexibility index (Phi) is 4.51. The second kappa shape index (κ2) is 6.13. The van der Waals surface area contributed by atoms with Gasteiger partial charge in [0.15, 0.2) is 0 Å². The van der Waals surface area contributed by atoms with Crippen molar-refractivity contribution in [3.8, 4) is 5.75 Å². The highest BCUT2D eigenvalue weighted by molar-refractivity contribution is 6.32. The fraction of sp³-hybridized carbons (Fsp3) is 0.143. The van der Waals surface area contributed by atoms with Crippen molar-refractivity contribution in [3.05, 3.63) is 57.8 Å². The van der Waals surface area contributed by atoms with Gasteiger partial charge in [-0.25, -0.2) is 4.39 Å². The summed E-state index contributed by atoms with van der Waals surface area (Å²) in [6, 6.07) is 10.1. The van der Waals surface area contributed by atoms with Gasteiger partial charge < -0.3 is 10.1 Å². The minimum Gasteiger partial charge on any atom is -0.495 e. The zero-order valence-corrected chi connectivity index (χ0v) is 11.7. The van der Waals surface area contributed by atoms with Crippen LogP contribution < -0.4 is 10.1 Å². The van der Waals surface area contributed by atoms with Gasteiger partial charge in [-0.15, -0.1) is 0 Å². The first kappa shape index (κ1) is 14.0. The molecule has 0 bridgehead atoms. The maximum atomic E-state index is 13.3. The van der Waals surface area contributed by atoms with Gasteiger partial charge in [0, 0.05) is 12.2 Å². The van der Waals surface area contributed by atoms with Crippen molar-refractivity contribution in [2.45, 2.75) is 6.54 Å². The molecule has 100 valence electrons. The molecule has 2 rings (SSSR count). The summed E-state index contributed by atoms with van der Waals surface area (Å²) in [6.07, 6.45) is 0. The van der Waals surface area contributed by atoms with Crippen LogP contribution in [0.3, 0.4) is 0 Å². The van der Waals surface area contributed by atoms with Crippen molar-refractivity contribution >= 4 is 28.9 Å². The average molecular weight is 300 g/mol. The Morgan fingerprint density at radius 3 is 2.53 bits per heavy atom. The lowest BCUT2D eigenvalue weighted by Gasteiger charge is -2.09. The maximum Gasteiger partial charge on any atom is 0.142 e. The van der Waals surface area contributed by atoms with Gasteiger partial charge in [0.05, 0.1) is 17.2 Å². The first-order valence-electron chi connectivity index (χ1n) is 5.61. The Bertz CT molecular complexity index is 590. The molecule has 0 atom stereocenters. The molecule has 0 aliphatic rings. The van der Waals surface area contributed by atoms with Crippen LogP contribution in [-0.2, 0) is 6.54 Å². The maximum absolute atomic E-state index is 13.3. The molecular weight excluding hydrogens is 288 g/mol. The molecule has 1 N–H and O–H groups in total. The number of anilines is 1. The molecule has 0 amide bonds. The summed E-state index contributed by atoms with van der Waals surface area (Å²) in [5, 5.41) is 3.79. The van der Waals surface area contributed by atoms with Crippen LogP contribution in [-0.4, -0.2) is 7.11 Å². The van der Waals surface area contributed by atoms with E-state index >= 15 is 0 Å². The first-order chi connectivity index (χ1) is 9.10. The van der Waals surface area contributed by atoms with Crippen LogP contribution in [0.25, 0.3) is 0 Å². The Hall–Kier alpha value is -1.45. The molecule has 0 unspecified atom stereocenters. The molecule has 19 heavy (non-hydrogen) atoms. The lowest BCUT2D eigenvalue weighted by Crippen LogP contribution is -2.00. The van der Waals surface area contributed by atoms with E-state index < -0.39 is 5.82 Å². The molecule has 0 saturated heterocycles. The van der Waals surface area contributed by atoms with Gasteiger partial charge in [-0.1, -0.05) is 29.3 Å². The van der Waals surface area contributed by atoms with Crippen molar-refractivity contribution in [3.63, 3.8) is 0 Å². The summed E-state index contributed by atoms with van der Waals surface area (Å²) in [5.74, 6) is 0.193. The second-order valence-electron chi connectivity index (χ2n) is 3.95. The molecule has 0 radical (unpaired) electrons. The number of methoxy groups -OCH3 is 1. The highest BCUT2D eigenvalue weighted by Crippen LogP contribution is 2.27. The van der Waals surface area contributed by atoms with Gasteiger partial charge in [0.25, 0.3) is 0 Å². The molecule has 0 heterocycles. The minimum atomic E-state index is -0.422. The fourth-order valence-corrected chi connectivity index (χ4v) is 2.01. The number of nitrogens with one attached hydrogen (secondary N) is 1. The summed E-state index contributed by atoms with van der Waals surface area (Å²) in [4.78, 5) is 0. The molecule has 2 aromatic rings. The van der Waals surface area contributed by atoms with Gasteiger partial charge in [-0.3, -0.25) is 0 Å². The van der Waals surface area contributed by atoms with Crippen LogP contribution in [0.4, 0.5) is 10.1 Å². The number of ether oxygens (including phenoxy) is 1. The summed E-state index contributed by atoms with van der Waals surface area (Å²) >= 11 is 11.6. The van der Waals surface area contributed by atoms with E-state index in [9.17, 15) is 4.39 Å². The molecule has 0 spiro atoms. The highest BCUT2D eigenvalue weighted by atomic mass is 35.5. The van der Waals surface area contributed by atoms with E-state index in [0.29, 0.717) is 17.3 Å². The van der Waals surface area contributed by atoms with Crippen molar-refractivity contribution < 1.29 is 9.13 Å². The van der Waals surface area contributed by atoms with E-state index in [1.165, 1.54) is 12.1 Å². The Morgan fingerprint density at radius 2 is 1.89 bits per heavy atom. The number of benzene rings is 2. The van der Waals surface area contributed by atoms with Gasteiger partial charge >= 0.3 is 0 Å². The predicted octanol–water partition coefficient (Wildman–Crippen LogP) is 4.75. The number of hydrogen-bond acceptors (Lipinski definition) is 2. The van der Waals surface area contributed by atoms with Crippen molar-refractivity contribution in [2.75, 3.05) is 12.4 Å². The summed E-state index contributed by atoms with van der Waals surface area (Å²) < 4.78 is 18.3. The molecule has 0 saturated carbocycles. The Morgan fingerprint density at radius 1 is 1.11 bits per heavy atom. The Labute approximate surface area is 121 Å². The second-order valence-corrected chi connectivity index (χ2v) is 4.77. The van der Waals surface area contributed by atoms with Crippen LogP contribution in [0.1, 0.15) is 5.56 Å². The van der Waals surface area contributed by atoms with Crippen LogP contribution in [0.5, 0.6) is 5.75 Å². The predicted molar refractivity (Wildman–Crippen MR) is 76.7 cm³/mol. The summed E-state index contributed by atoms with van der Waals surface area (Å²) in [5.41, 5.74) is 1.63. The first-order valence-corrected chi connectivity index (χ1v) is 6.37. The van der Waals surface area contributed by atoms with E-state index in [4.69, 9.17) is 27.9 Å². The van der Waals surface area contributed by atoms with E-state index in [1.54, 1.807) is 25.3 Å². The van der Waals surface area contributed by atoms with Crippen LogP contribution >= 0.6 is 23.2 Å². The third kappa shape index (κ3) is 3.52. The standard InChI is InChI=1S/C14H12Cl2FNO/c1-19-14-5-3-10(7-12(14)16)18-8-9-2-4-11(15)13(17)6-9/h2-7,18H,8H2,1H3. The summed E-state index contributed by atoms with van der Waals surface area (Å²) in [6.45, 7) is 0.483. The van der Waals surface area contributed by atoms with Crippen molar-refractivity contribution in [2.24, 2.45) is 0 Å². The quantitative estimate of drug-likeness (QED) is 0.879. The van der Waals surface area contributed by atoms with E-state index in [1.807, 2.05) is 6.07 Å². The normalized spacial score (nSPS) is 10.3. The third-order valence-electron chi connectivity index (χ3n) is 2.63. The molecule has 2 aromatic carbocycles. The van der Waals surface area contributed by atoms with Gasteiger partial charge in [-0.05, 0) is 35.9 Å². The van der Waals surface area contributed by atoms with Crippen LogP contribution in [0.15, 0.2) is 36.4 Å². The molecule has 0 aromatic heterocycles. The van der Waals surface area contributed by atoms with E-state index in [2.05, 4.69) is 5.32 Å². The lowest BCUT2D eigenvalue weighted by atomic mass is 10.2. The molecule has 0 aliphatic heterocycles. The highest BCUT2D eigenvalue weighted by Gasteiger charge is 2.03. The zero-order chi connectivity index (χ0) is 13.8. The topological polar surface area (TPSA) is 21.3 Å². The molecule has 0 aliphatic carbocycles. The molecular formula is C14H12Cl2FNO. The van der Waals surface area contributed by atoms with Crippen LogP contribution in [0, 0.1) is 5.82 Å². The van der Waals surface area contributed by atoms with Gasteiger partial charge in [0.2, 0.25) is 0 Å². The zero-order valence-electron chi connectivity index (χ0n) is 10.2. The minimum absolute atomic E-state index is 0.122. The smallest absolute Gasteiger partial charge is 0.142 e. The van der Waals surface area contributed by atoms with Gasteiger partial charge in [-0.2, -0.15) is 0 Å². The molecule has 2 nitrogen and oxygen atoms in total. The third-order valence-corrected chi connectivity index (χ3v) is 3.23. The number of halogens is 3. The van der Waals surface area contributed by atoms with E-state index in [-0.39, 0.29) is 5.02 Å². The number of hydrogen-bond donors (Lipinski definition) is 1. The molecule has 5 heteroatoms. The fourth-order valence-electron chi connectivity index (χ4n) is 1.63. The van der Waals surface area contributed by atoms with Gasteiger partial charge in [0.1, 0.15) is 11.6 Å². The Balaban J connectivity index is 2.05. The SMILES string of the molecule is COc1ccc(NCc2ccc(Cl)c(F)c2)cc1Cl. The largest absolute Gasteiger partial charge is 0.495 e. The molecule has 0 fully saturated rings. The number of rotatable bonds is 4. The van der Waals surface area contributed by atoms with E-state index in [0.717, 1.165) is 11.3 Å². The monoisotopic (exact) mass is 299 g/mol.